The van der Waals surface area contributed by atoms with Gasteiger partial charge in [0.05, 0.1) is 5.56 Å². The van der Waals surface area contributed by atoms with Crippen LogP contribution < -0.4 is 20.5 Å². The highest BCUT2D eigenvalue weighted by Gasteiger charge is 2.28. The van der Waals surface area contributed by atoms with Crippen molar-refractivity contribution in [3.63, 3.8) is 0 Å². The van der Waals surface area contributed by atoms with Crippen molar-refractivity contribution < 1.29 is 19.1 Å². The van der Waals surface area contributed by atoms with E-state index < -0.39 is 5.91 Å². The number of ether oxygens (including phenoxy) is 2. The van der Waals surface area contributed by atoms with Gasteiger partial charge in [-0.2, -0.15) is 0 Å². The quantitative estimate of drug-likeness (QED) is 0.695. The number of anilines is 1. The van der Waals surface area contributed by atoms with E-state index >= 15 is 0 Å². The molecular weight excluding hydrogens is 388 g/mol. The normalized spacial score (nSPS) is 13.9. The zero-order valence-electron chi connectivity index (χ0n) is 15.5. The molecule has 0 spiro atoms. The van der Waals surface area contributed by atoms with Crippen LogP contribution in [-0.4, -0.2) is 25.0 Å². The molecule has 146 valence electrons. The summed E-state index contributed by atoms with van der Waals surface area (Å²) in [6.07, 6.45) is 1.57. The maximum absolute atomic E-state index is 12.9. The van der Waals surface area contributed by atoms with Gasteiger partial charge < -0.3 is 20.5 Å². The number of benzene rings is 2. The minimum absolute atomic E-state index is 0.323. The SMILES string of the molecule is NC(=O)c1c(NC(=O)c2ccc3c(c2)OCCO3)sc2c1CCc1ccccc1-2. The lowest BCUT2D eigenvalue weighted by molar-refractivity contribution is 0.100. The lowest BCUT2D eigenvalue weighted by Gasteiger charge is -2.18. The number of fused-ring (bicyclic) bond motifs is 4. The summed E-state index contributed by atoms with van der Waals surface area (Å²) >= 11 is 1.40. The molecule has 0 saturated carbocycles. The average Bonchev–Trinajstić information content (AvgIpc) is 3.12. The zero-order valence-corrected chi connectivity index (χ0v) is 16.3. The van der Waals surface area contributed by atoms with Crippen LogP contribution in [0.1, 0.15) is 31.8 Å². The van der Waals surface area contributed by atoms with Gasteiger partial charge in [0.2, 0.25) is 0 Å². The highest BCUT2D eigenvalue weighted by molar-refractivity contribution is 7.20. The fraction of sp³-hybridized carbons (Fsp3) is 0.182. The third kappa shape index (κ3) is 3.03. The molecule has 3 aromatic rings. The van der Waals surface area contributed by atoms with Gasteiger partial charge in [-0.1, -0.05) is 24.3 Å². The predicted octanol–water partition coefficient (Wildman–Crippen LogP) is 3.64. The standard InChI is InChI=1S/C22H18N2O4S/c23-20(25)18-15-7-5-12-3-1-2-4-14(12)19(15)29-22(18)24-21(26)13-6-8-16-17(11-13)28-10-9-27-16/h1-4,6,8,11H,5,7,9-10H2,(H2,23,25)(H,24,26). The molecule has 0 saturated heterocycles. The number of hydrogen-bond donors (Lipinski definition) is 2. The van der Waals surface area contributed by atoms with E-state index in [1.165, 1.54) is 16.9 Å². The first-order valence-electron chi connectivity index (χ1n) is 9.36. The highest BCUT2D eigenvalue weighted by Crippen LogP contribution is 2.45. The van der Waals surface area contributed by atoms with E-state index in [-0.39, 0.29) is 5.91 Å². The molecule has 2 amide bonds. The minimum atomic E-state index is -0.528. The Morgan fingerprint density at radius 2 is 1.79 bits per heavy atom. The Hall–Kier alpha value is -3.32. The second-order valence-corrected chi connectivity index (χ2v) is 7.97. The van der Waals surface area contributed by atoms with E-state index in [0.717, 1.165) is 28.8 Å². The lowest BCUT2D eigenvalue weighted by Crippen LogP contribution is -2.19. The number of aryl methyl sites for hydroxylation is 1. The predicted molar refractivity (Wildman–Crippen MR) is 111 cm³/mol. The molecule has 0 unspecified atom stereocenters. The summed E-state index contributed by atoms with van der Waals surface area (Å²) in [5.41, 5.74) is 9.78. The molecule has 2 aromatic carbocycles. The van der Waals surface area contributed by atoms with Gasteiger partial charge >= 0.3 is 0 Å². The molecule has 0 fully saturated rings. The number of nitrogens with one attached hydrogen (secondary N) is 1. The molecule has 6 nitrogen and oxygen atoms in total. The molecular formula is C22H18N2O4S. The van der Waals surface area contributed by atoms with Gasteiger partial charge in [0.15, 0.2) is 11.5 Å². The van der Waals surface area contributed by atoms with Crippen LogP contribution in [0.2, 0.25) is 0 Å². The van der Waals surface area contributed by atoms with E-state index in [2.05, 4.69) is 11.4 Å². The maximum Gasteiger partial charge on any atom is 0.256 e. The van der Waals surface area contributed by atoms with Crippen LogP contribution in [-0.2, 0) is 12.8 Å². The van der Waals surface area contributed by atoms with Gasteiger partial charge in [0.1, 0.15) is 18.2 Å². The third-order valence-corrected chi connectivity index (χ3v) is 6.37. The Balaban J connectivity index is 1.51. The number of hydrogen-bond acceptors (Lipinski definition) is 5. The van der Waals surface area contributed by atoms with E-state index in [4.69, 9.17) is 15.2 Å². The molecule has 2 heterocycles. The molecule has 0 atom stereocenters. The molecule has 1 aliphatic carbocycles. The van der Waals surface area contributed by atoms with Gasteiger partial charge in [0.25, 0.3) is 11.8 Å². The Morgan fingerprint density at radius 3 is 2.62 bits per heavy atom. The second kappa shape index (κ2) is 6.93. The monoisotopic (exact) mass is 406 g/mol. The lowest BCUT2D eigenvalue weighted by atomic mass is 9.89. The summed E-state index contributed by atoms with van der Waals surface area (Å²) in [5, 5.41) is 3.37. The van der Waals surface area contributed by atoms with Gasteiger partial charge in [-0.25, -0.2) is 0 Å². The van der Waals surface area contributed by atoms with Crippen molar-refractivity contribution >= 4 is 28.2 Å². The van der Waals surface area contributed by atoms with Crippen LogP contribution in [0.4, 0.5) is 5.00 Å². The van der Waals surface area contributed by atoms with Crippen molar-refractivity contribution in [3.05, 3.63) is 64.7 Å². The maximum atomic E-state index is 12.9. The molecule has 0 bridgehead atoms. The van der Waals surface area contributed by atoms with Crippen molar-refractivity contribution in [2.75, 3.05) is 18.5 Å². The van der Waals surface area contributed by atoms with Gasteiger partial charge in [0, 0.05) is 10.4 Å². The molecule has 1 aliphatic heterocycles. The molecule has 1 aromatic heterocycles. The summed E-state index contributed by atoms with van der Waals surface area (Å²) in [4.78, 5) is 26.1. The van der Waals surface area contributed by atoms with Gasteiger partial charge in [-0.05, 0) is 47.7 Å². The van der Waals surface area contributed by atoms with Gasteiger partial charge in [-0.3, -0.25) is 9.59 Å². The number of primary amides is 1. The molecule has 5 rings (SSSR count). The van der Waals surface area contributed by atoms with Crippen LogP contribution in [0.25, 0.3) is 10.4 Å². The summed E-state index contributed by atoms with van der Waals surface area (Å²) in [5.74, 6) is 0.308. The van der Waals surface area contributed by atoms with E-state index in [0.29, 0.717) is 40.8 Å². The Kier molecular flexibility index (Phi) is 4.24. The van der Waals surface area contributed by atoms with Crippen molar-refractivity contribution in [3.8, 4) is 21.9 Å². The number of carbonyl (C=O) groups excluding carboxylic acids is 2. The molecule has 2 aliphatic rings. The van der Waals surface area contributed by atoms with Crippen molar-refractivity contribution in [2.24, 2.45) is 5.73 Å². The number of thiophene rings is 1. The topological polar surface area (TPSA) is 90.7 Å². The van der Waals surface area contributed by atoms with Crippen LogP contribution in [0.5, 0.6) is 11.5 Å². The molecule has 0 radical (unpaired) electrons. The summed E-state index contributed by atoms with van der Waals surface area (Å²) < 4.78 is 11.1. The van der Waals surface area contributed by atoms with Crippen LogP contribution in [0, 0.1) is 0 Å². The van der Waals surface area contributed by atoms with E-state index in [9.17, 15) is 9.59 Å². The first-order valence-corrected chi connectivity index (χ1v) is 10.2. The number of carbonyl (C=O) groups is 2. The fourth-order valence-electron chi connectivity index (χ4n) is 3.85. The van der Waals surface area contributed by atoms with Crippen LogP contribution >= 0.6 is 11.3 Å². The van der Waals surface area contributed by atoms with E-state index in [1.54, 1.807) is 18.2 Å². The van der Waals surface area contributed by atoms with Crippen molar-refractivity contribution in [1.82, 2.24) is 0 Å². The average molecular weight is 406 g/mol. The largest absolute Gasteiger partial charge is 0.486 e. The first kappa shape index (κ1) is 17.8. The summed E-state index contributed by atoms with van der Waals surface area (Å²) in [7, 11) is 0. The second-order valence-electron chi connectivity index (χ2n) is 6.95. The minimum Gasteiger partial charge on any atom is -0.486 e. The molecule has 3 N–H and O–H groups in total. The Morgan fingerprint density at radius 1 is 1.00 bits per heavy atom. The Labute approximate surface area is 171 Å². The first-order chi connectivity index (χ1) is 14.1. The fourth-order valence-corrected chi connectivity index (χ4v) is 5.16. The molecule has 7 heteroatoms. The number of nitrogens with two attached hydrogens (primary N) is 1. The van der Waals surface area contributed by atoms with Crippen molar-refractivity contribution in [1.29, 1.82) is 0 Å². The van der Waals surface area contributed by atoms with Gasteiger partial charge in [-0.15, -0.1) is 11.3 Å². The molecule has 29 heavy (non-hydrogen) atoms. The Bertz CT molecular complexity index is 1150. The smallest absolute Gasteiger partial charge is 0.256 e. The number of rotatable bonds is 3. The van der Waals surface area contributed by atoms with Crippen LogP contribution in [0.3, 0.4) is 0 Å². The summed E-state index contributed by atoms with van der Waals surface area (Å²) in [6, 6.07) is 13.2. The van der Waals surface area contributed by atoms with Crippen molar-refractivity contribution in [2.45, 2.75) is 12.8 Å². The van der Waals surface area contributed by atoms with Crippen LogP contribution in [0.15, 0.2) is 42.5 Å². The number of amides is 2. The third-order valence-electron chi connectivity index (χ3n) is 5.19. The highest BCUT2D eigenvalue weighted by atomic mass is 32.1. The zero-order chi connectivity index (χ0) is 20.0. The van der Waals surface area contributed by atoms with E-state index in [1.807, 2.05) is 18.2 Å². The summed E-state index contributed by atoms with van der Waals surface area (Å²) in [6.45, 7) is 0.934.